The zero-order valence-electron chi connectivity index (χ0n) is 12.1. The number of carbonyl (C=O) groups is 1. The zero-order chi connectivity index (χ0) is 15.0. The number of urea groups is 1. The van der Waals surface area contributed by atoms with Gasteiger partial charge in [0.1, 0.15) is 0 Å². The van der Waals surface area contributed by atoms with E-state index in [0.29, 0.717) is 18.1 Å². The van der Waals surface area contributed by atoms with Crippen molar-refractivity contribution in [1.29, 1.82) is 0 Å². The van der Waals surface area contributed by atoms with Gasteiger partial charge in [-0.25, -0.2) is 4.79 Å². The molecule has 2 N–H and O–H groups in total. The molecule has 1 aromatic heterocycles. The number of nitrogen functional groups attached to an aromatic ring is 1. The number of benzene rings is 1. The Morgan fingerprint density at radius 3 is 2.48 bits per heavy atom. The Morgan fingerprint density at radius 2 is 1.95 bits per heavy atom. The Bertz CT molecular complexity index is 648. The van der Waals surface area contributed by atoms with Gasteiger partial charge in [-0.2, -0.15) is 0 Å². The number of hydrogen-bond donors (Lipinski definition) is 1. The van der Waals surface area contributed by atoms with Gasteiger partial charge in [0, 0.05) is 36.4 Å². The molecule has 110 valence electrons. The van der Waals surface area contributed by atoms with Crippen molar-refractivity contribution >= 4 is 17.5 Å². The van der Waals surface area contributed by atoms with Gasteiger partial charge in [-0.3, -0.25) is 4.90 Å². The van der Waals surface area contributed by atoms with Crippen molar-refractivity contribution in [3.05, 3.63) is 30.3 Å². The summed E-state index contributed by atoms with van der Waals surface area (Å²) in [5, 5.41) is 3.67. The molecule has 0 saturated carbocycles. The molecule has 1 saturated heterocycles. The molecule has 2 aromatic rings. The first-order valence-electron chi connectivity index (χ1n) is 6.97. The van der Waals surface area contributed by atoms with Crippen LogP contribution in [0.1, 0.15) is 13.8 Å². The third kappa shape index (κ3) is 2.44. The minimum atomic E-state index is 0.0571. The van der Waals surface area contributed by atoms with Gasteiger partial charge in [-0.15, -0.1) is 0 Å². The van der Waals surface area contributed by atoms with Crippen molar-refractivity contribution in [3.63, 3.8) is 0 Å². The van der Waals surface area contributed by atoms with Gasteiger partial charge >= 0.3 is 6.03 Å². The van der Waals surface area contributed by atoms with Crippen LogP contribution in [0.25, 0.3) is 11.3 Å². The normalized spacial score (nSPS) is 15.3. The van der Waals surface area contributed by atoms with Crippen molar-refractivity contribution in [1.82, 2.24) is 10.1 Å². The number of carbonyl (C=O) groups excluding carboxylic acids is 1. The van der Waals surface area contributed by atoms with Gasteiger partial charge in [0.2, 0.25) is 0 Å². The zero-order valence-corrected chi connectivity index (χ0v) is 12.1. The van der Waals surface area contributed by atoms with Crippen LogP contribution in [0, 0.1) is 0 Å². The molecular formula is C15H18N4O2. The molecule has 3 rings (SSSR count). The summed E-state index contributed by atoms with van der Waals surface area (Å²) in [6, 6.07) is 9.59. The molecule has 1 aliphatic rings. The average Bonchev–Trinajstić information content (AvgIpc) is 3.05. The lowest BCUT2D eigenvalue weighted by molar-refractivity contribution is 0.209. The smallest absolute Gasteiger partial charge is 0.324 e. The van der Waals surface area contributed by atoms with Gasteiger partial charge < -0.3 is 15.2 Å². The molecule has 1 fully saturated rings. The Morgan fingerprint density at radius 1 is 1.24 bits per heavy atom. The van der Waals surface area contributed by atoms with E-state index in [1.54, 1.807) is 11.0 Å². The fraction of sp³-hybridized carbons (Fsp3) is 0.333. The molecular weight excluding hydrogens is 268 g/mol. The molecule has 0 aliphatic carbocycles. The highest BCUT2D eigenvalue weighted by Gasteiger charge is 2.30. The number of aromatic nitrogens is 1. The number of nitrogens with two attached hydrogens (primary N) is 1. The summed E-state index contributed by atoms with van der Waals surface area (Å²) >= 11 is 0. The van der Waals surface area contributed by atoms with Crippen LogP contribution in [0.3, 0.4) is 0 Å². The van der Waals surface area contributed by atoms with E-state index in [0.717, 1.165) is 17.8 Å². The van der Waals surface area contributed by atoms with Crippen LogP contribution in [-0.4, -0.2) is 35.2 Å². The predicted molar refractivity (Wildman–Crippen MR) is 80.9 cm³/mol. The van der Waals surface area contributed by atoms with Crippen LogP contribution in [-0.2, 0) is 0 Å². The standard InChI is InChI=1S/C15H18N4O2/c1-10(2)18-7-8-19(15(18)20)12-5-3-11(4-6-12)13-9-14(16)17-21-13/h3-6,9-10H,7-8H2,1-2H3,(H2,16,17). The predicted octanol–water partition coefficient (Wildman–Crippen LogP) is 2.57. The lowest BCUT2D eigenvalue weighted by atomic mass is 10.1. The lowest BCUT2D eigenvalue weighted by Gasteiger charge is -2.21. The topological polar surface area (TPSA) is 75.6 Å². The molecule has 0 bridgehead atoms. The summed E-state index contributed by atoms with van der Waals surface area (Å²) in [4.78, 5) is 16.0. The summed E-state index contributed by atoms with van der Waals surface area (Å²) in [5.41, 5.74) is 7.32. The van der Waals surface area contributed by atoms with Crippen LogP contribution in [0.4, 0.5) is 16.3 Å². The quantitative estimate of drug-likeness (QED) is 0.941. The Labute approximate surface area is 123 Å². The molecule has 1 aromatic carbocycles. The molecule has 1 aliphatic heterocycles. The maximum absolute atomic E-state index is 12.3. The first kappa shape index (κ1) is 13.5. The Balaban J connectivity index is 1.80. The van der Waals surface area contributed by atoms with Crippen LogP contribution in [0.5, 0.6) is 0 Å². The third-order valence-corrected chi connectivity index (χ3v) is 3.66. The molecule has 0 radical (unpaired) electrons. The Hall–Kier alpha value is -2.50. The van der Waals surface area contributed by atoms with Crippen molar-refractivity contribution in [2.24, 2.45) is 0 Å². The maximum atomic E-state index is 12.3. The van der Waals surface area contributed by atoms with Crippen molar-refractivity contribution < 1.29 is 9.32 Å². The van der Waals surface area contributed by atoms with Gasteiger partial charge in [-0.05, 0) is 38.1 Å². The van der Waals surface area contributed by atoms with E-state index < -0.39 is 0 Å². The van der Waals surface area contributed by atoms with Crippen LogP contribution in [0.2, 0.25) is 0 Å². The maximum Gasteiger partial charge on any atom is 0.324 e. The molecule has 6 nitrogen and oxygen atoms in total. The summed E-state index contributed by atoms with van der Waals surface area (Å²) in [6.45, 7) is 5.53. The van der Waals surface area contributed by atoms with Gasteiger partial charge in [0.25, 0.3) is 0 Å². The molecule has 2 amide bonds. The lowest BCUT2D eigenvalue weighted by Crippen LogP contribution is -2.36. The third-order valence-electron chi connectivity index (χ3n) is 3.66. The van der Waals surface area contributed by atoms with E-state index in [-0.39, 0.29) is 12.1 Å². The van der Waals surface area contributed by atoms with E-state index in [2.05, 4.69) is 5.16 Å². The van der Waals surface area contributed by atoms with Crippen LogP contribution in [0.15, 0.2) is 34.9 Å². The molecule has 0 spiro atoms. The number of nitrogens with zero attached hydrogens (tertiary/aromatic N) is 3. The molecule has 21 heavy (non-hydrogen) atoms. The molecule has 2 heterocycles. The number of anilines is 2. The van der Waals surface area contributed by atoms with Crippen LogP contribution < -0.4 is 10.6 Å². The molecule has 0 atom stereocenters. The molecule has 0 unspecified atom stereocenters. The second kappa shape index (κ2) is 5.12. The van der Waals surface area contributed by atoms with Crippen molar-refractivity contribution in [2.75, 3.05) is 23.7 Å². The van der Waals surface area contributed by atoms with E-state index in [1.165, 1.54) is 0 Å². The second-order valence-electron chi connectivity index (χ2n) is 5.38. The minimum absolute atomic E-state index is 0.0571. The SMILES string of the molecule is CC(C)N1CCN(c2ccc(-c3cc(N)no3)cc2)C1=O. The summed E-state index contributed by atoms with van der Waals surface area (Å²) in [5.74, 6) is 0.979. The fourth-order valence-electron chi connectivity index (χ4n) is 2.50. The first-order chi connectivity index (χ1) is 10.1. The van der Waals surface area contributed by atoms with E-state index in [4.69, 9.17) is 10.3 Å². The Kier molecular flexibility index (Phi) is 3.29. The van der Waals surface area contributed by atoms with Gasteiger partial charge in [0.05, 0.1) is 0 Å². The highest BCUT2D eigenvalue weighted by Crippen LogP contribution is 2.26. The van der Waals surface area contributed by atoms with Gasteiger partial charge in [-0.1, -0.05) is 5.16 Å². The van der Waals surface area contributed by atoms with E-state index >= 15 is 0 Å². The van der Waals surface area contributed by atoms with Crippen LogP contribution >= 0.6 is 0 Å². The first-order valence-corrected chi connectivity index (χ1v) is 6.97. The highest BCUT2D eigenvalue weighted by molar-refractivity contribution is 5.94. The number of amides is 2. The second-order valence-corrected chi connectivity index (χ2v) is 5.38. The van der Waals surface area contributed by atoms with Crippen molar-refractivity contribution in [2.45, 2.75) is 19.9 Å². The number of hydrogen-bond acceptors (Lipinski definition) is 4. The molecule has 6 heteroatoms. The summed E-state index contributed by atoms with van der Waals surface area (Å²) in [7, 11) is 0. The highest BCUT2D eigenvalue weighted by atomic mass is 16.5. The van der Waals surface area contributed by atoms with Gasteiger partial charge in [0.15, 0.2) is 11.6 Å². The summed E-state index contributed by atoms with van der Waals surface area (Å²) < 4.78 is 5.12. The largest absolute Gasteiger partial charge is 0.381 e. The minimum Gasteiger partial charge on any atom is -0.381 e. The fourth-order valence-corrected chi connectivity index (χ4v) is 2.50. The van der Waals surface area contributed by atoms with Crippen molar-refractivity contribution in [3.8, 4) is 11.3 Å². The average molecular weight is 286 g/mol. The summed E-state index contributed by atoms with van der Waals surface area (Å²) in [6.07, 6.45) is 0. The monoisotopic (exact) mass is 286 g/mol. The van der Waals surface area contributed by atoms with E-state index in [1.807, 2.05) is 43.0 Å². The van der Waals surface area contributed by atoms with E-state index in [9.17, 15) is 4.79 Å². The number of rotatable bonds is 3.